The molecule has 6 nitrogen and oxygen atoms in total. The number of fused-ring (bicyclic) bond motifs is 1. The van der Waals surface area contributed by atoms with Crippen LogP contribution in [0.15, 0.2) is 41.3 Å². The van der Waals surface area contributed by atoms with Crippen LogP contribution in [0.1, 0.15) is 63.4 Å². The highest BCUT2D eigenvalue weighted by Crippen LogP contribution is 2.36. The largest absolute Gasteiger partial charge is 0.490 e. The van der Waals surface area contributed by atoms with Gasteiger partial charge in [0.1, 0.15) is 11.9 Å². The number of benzene rings is 1. The van der Waals surface area contributed by atoms with Crippen LogP contribution in [0.5, 0.6) is 5.75 Å². The number of rotatable bonds is 5. The minimum atomic E-state index is 0.160. The number of aromatic nitrogens is 3. The topological polar surface area (TPSA) is 56.3 Å². The Bertz CT molecular complexity index is 906. The second-order valence-corrected chi connectivity index (χ2v) is 8.16. The van der Waals surface area contributed by atoms with E-state index >= 15 is 0 Å². The van der Waals surface area contributed by atoms with Crippen molar-refractivity contribution >= 4 is 10.9 Å². The van der Waals surface area contributed by atoms with Crippen molar-refractivity contribution in [2.24, 2.45) is 0 Å². The Labute approximate surface area is 165 Å². The zero-order valence-electron chi connectivity index (χ0n) is 16.5. The summed E-state index contributed by atoms with van der Waals surface area (Å²) in [6.45, 7) is 4.09. The van der Waals surface area contributed by atoms with Gasteiger partial charge >= 0.3 is 0 Å². The van der Waals surface area contributed by atoms with E-state index in [2.05, 4.69) is 57.0 Å². The van der Waals surface area contributed by atoms with Crippen LogP contribution in [-0.2, 0) is 0 Å². The van der Waals surface area contributed by atoms with Gasteiger partial charge in [0.2, 0.25) is 5.89 Å². The second-order valence-electron chi connectivity index (χ2n) is 8.16. The predicted molar refractivity (Wildman–Crippen MR) is 107 cm³/mol. The first-order chi connectivity index (χ1) is 13.8. The molecule has 28 heavy (non-hydrogen) atoms. The molecular formula is C22H28N4O2. The number of ether oxygens (including phenoxy) is 1. The van der Waals surface area contributed by atoms with Crippen LogP contribution >= 0.6 is 0 Å². The van der Waals surface area contributed by atoms with E-state index < -0.39 is 0 Å². The summed E-state index contributed by atoms with van der Waals surface area (Å²) >= 11 is 0. The van der Waals surface area contributed by atoms with E-state index in [0.717, 1.165) is 31.7 Å². The summed E-state index contributed by atoms with van der Waals surface area (Å²) in [5, 5.41) is 4.98. The van der Waals surface area contributed by atoms with E-state index in [-0.39, 0.29) is 12.1 Å². The van der Waals surface area contributed by atoms with E-state index in [1.165, 1.54) is 42.9 Å². The summed E-state index contributed by atoms with van der Waals surface area (Å²) in [7, 11) is 0. The first kappa shape index (κ1) is 17.7. The smallest absolute Gasteiger partial charge is 0.243 e. The highest BCUT2D eigenvalue weighted by Gasteiger charge is 2.27. The number of piperidine rings is 1. The summed E-state index contributed by atoms with van der Waals surface area (Å²) in [5.41, 5.74) is 1.31. The molecule has 1 aliphatic heterocycles. The lowest BCUT2D eigenvalue weighted by atomic mass is 10.1. The SMILES string of the molecule is CC(c1ncno1)N1CCC(Oc2cccc3c2ccn3C2CCCC2)CC1. The van der Waals surface area contributed by atoms with Gasteiger partial charge in [-0.25, -0.2) is 0 Å². The third kappa shape index (κ3) is 3.30. The molecule has 1 unspecified atom stereocenters. The lowest BCUT2D eigenvalue weighted by molar-refractivity contribution is 0.0708. The Kier molecular flexibility index (Phi) is 4.81. The monoisotopic (exact) mass is 380 g/mol. The zero-order valence-corrected chi connectivity index (χ0v) is 16.5. The van der Waals surface area contributed by atoms with E-state index in [1.807, 2.05) is 0 Å². The van der Waals surface area contributed by atoms with E-state index in [4.69, 9.17) is 9.26 Å². The van der Waals surface area contributed by atoms with E-state index in [0.29, 0.717) is 11.9 Å². The molecule has 1 aromatic carbocycles. The molecule has 3 aromatic rings. The Balaban J connectivity index is 1.26. The van der Waals surface area contributed by atoms with Gasteiger partial charge in [0, 0.05) is 30.7 Å². The molecule has 0 N–H and O–H groups in total. The number of likely N-dealkylation sites (tertiary alicyclic amines) is 1. The Morgan fingerprint density at radius 1 is 1.11 bits per heavy atom. The maximum atomic E-state index is 6.47. The van der Waals surface area contributed by atoms with Crippen LogP contribution in [0.3, 0.4) is 0 Å². The Morgan fingerprint density at radius 2 is 1.93 bits per heavy atom. The molecular weight excluding hydrogens is 352 g/mol. The average molecular weight is 380 g/mol. The van der Waals surface area contributed by atoms with E-state index in [1.54, 1.807) is 0 Å². The molecule has 6 heteroatoms. The highest BCUT2D eigenvalue weighted by atomic mass is 16.5. The zero-order chi connectivity index (χ0) is 18.9. The summed E-state index contributed by atoms with van der Waals surface area (Å²) in [5.74, 6) is 1.72. The van der Waals surface area contributed by atoms with Gasteiger partial charge in [-0.3, -0.25) is 4.90 Å². The van der Waals surface area contributed by atoms with Crippen LogP contribution < -0.4 is 4.74 Å². The molecule has 1 aliphatic carbocycles. The normalized spacial score (nSPS) is 20.8. The molecule has 2 aliphatic rings. The lowest BCUT2D eigenvalue weighted by Crippen LogP contribution is -2.39. The van der Waals surface area contributed by atoms with Gasteiger partial charge in [-0.1, -0.05) is 24.1 Å². The third-order valence-electron chi connectivity index (χ3n) is 6.49. The Hall–Kier alpha value is -2.34. The minimum absolute atomic E-state index is 0.160. The molecule has 1 saturated heterocycles. The van der Waals surface area contributed by atoms with Gasteiger partial charge in [-0.15, -0.1) is 0 Å². The Morgan fingerprint density at radius 3 is 2.68 bits per heavy atom. The first-order valence-corrected chi connectivity index (χ1v) is 10.6. The molecule has 0 radical (unpaired) electrons. The fraction of sp³-hybridized carbons (Fsp3) is 0.545. The third-order valence-corrected chi connectivity index (χ3v) is 6.49. The maximum Gasteiger partial charge on any atom is 0.243 e. The molecule has 1 saturated carbocycles. The predicted octanol–water partition coefficient (Wildman–Crippen LogP) is 4.74. The van der Waals surface area contributed by atoms with Crippen molar-refractivity contribution in [3.8, 4) is 5.75 Å². The second kappa shape index (κ2) is 7.59. The van der Waals surface area contributed by atoms with Crippen LogP contribution in [0.2, 0.25) is 0 Å². The van der Waals surface area contributed by atoms with Gasteiger partial charge in [0.05, 0.1) is 11.6 Å². The molecule has 5 rings (SSSR count). The van der Waals surface area contributed by atoms with Crippen molar-refractivity contribution in [2.45, 2.75) is 63.6 Å². The molecule has 0 bridgehead atoms. The van der Waals surface area contributed by atoms with Crippen molar-refractivity contribution in [3.63, 3.8) is 0 Å². The van der Waals surface area contributed by atoms with Crippen molar-refractivity contribution < 1.29 is 9.26 Å². The summed E-state index contributed by atoms with van der Waals surface area (Å²) in [4.78, 5) is 6.59. The van der Waals surface area contributed by atoms with E-state index in [9.17, 15) is 0 Å². The lowest BCUT2D eigenvalue weighted by Gasteiger charge is -2.34. The average Bonchev–Trinajstić information content (AvgIpc) is 3.49. The van der Waals surface area contributed by atoms with Gasteiger partial charge < -0.3 is 13.8 Å². The standard InChI is InChI=1S/C22H28N4O2/c1-16(22-23-15-24-28-22)25-12-9-18(10-13-25)27-21-8-4-7-20-19(21)11-14-26(20)17-5-2-3-6-17/h4,7-8,11,14-18H,2-3,5-6,9-10,12-13H2,1H3. The molecule has 2 fully saturated rings. The van der Waals surface area contributed by atoms with Gasteiger partial charge in [-0.2, -0.15) is 4.98 Å². The van der Waals surface area contributed by atoms with Gasteiger partial charge in [-0.05, 0) is 50.8 Å². The fourth-order valence-corrected chi connectivity index (χ4v) is 4.85. The quantitative estimate of drug-likeness (QED) is 0.640. The van der Waals surface area contributed by atoms with Crippen LogP contribution in [-0.4, -0.2) is 38.8 Å². The first-order valence-electron chi connectivity index (χ1n) is 10.6. The summed E-state index contributed by atoms with van der Waals surface area (Å²) < 4.78 is 14.2. The molecule has 1 atom stereocenters. The van der Waals surface area contributed by atoms with Crippen molar-refractivity contribution in [1.29, 1.82) is 0 Å². The molecule has 2 aromatic heterocycles. The van der Waals surface area contributed by atoms with Crippen LogP contribution in [0, 0.1) is 0 Å². The van der Waals surface area contributed by atoms with Crippen LogP contribution in [0.4, 0.5) is 0 Å². The minimum Gasteiger partial charge on any atom is -0.490 e. The summed E-state index contributed by atoms with van der Waals surface area (Å²) in [6.07, 6.45) is 11.3. The molecule has 3 heterocycles. The highest BCUT2D eigenvalue weighted by molar-refractivity contribution is 5.86. The molecule has 0 spiro atoms. The number of hydrogen-bond acceptors (Lipinski definition) is 5. The molecule has 148 valence electrons. The maximum absolute atomic E-state index is 6.47. The molecule has 0 amide bonds. The van der Waals surface area contributed by atoms with Crippen molar-refractivity contribution in [1.82, 2.24) is 19.6 Å². The van der Waals surface area contributed by atoms with Crippen LogP contribution in [0.25, 0.3) is 10.9 Å². The number of hydrogen-bond donors (Lipinski definition) is 0. The van der Waals surface area contributed by atoms with Crippen molar-refractivity contribution in [3.05, 3.63) is 42.7 Å². The number of nitrogens with zero attached hydrogens (tertiary/aromatic N) is 4. The fourth-order valence-electron chi connectivity index (χ4n) is 4.85. The van der Waals surface area contributed by atoms with Crippen molar-refractivity contribution in [2.75, 3.05) is 13.1 Å². The van der Waals surface area contributed by atoms with Gasteiger partial charge in [0.25, 0.3) is 0 Å². The van der Waals surface area contributed by atoms with Gasteiger partial charge in [0.15, 0.2) is 6.33 Å². The summed E-state index contributed by atoms with van der Waals surface area (Å²) in [6, 6.07) is 9.53.